The van der Waals surface area contributed by atoms with Crippen LogP contribution in [0.15, 0.2) is 285 Å². The molecule has 334 valence electrons. The first kappa shape index (κ1) is 41.8. The van der Waals surface area contributed by atoms with Crippen LogP contribution in [-0.2, 0) is 0 Å². The molecule has 0 saturated carbocycles. The third-order valence-electron chi connectivity index (χ3n) is 14.0. The van der Waals surface area contributed by atoms with Crippen molar-refractivity contribution in [2.45, 2.75) is 0 Å². The molecule has 2 aliphatic heterocycles. The maximum atomic E-state index is 2.48. The zero-order chi connectivity index (χ0) is 47.1. The second kappa shape index (κ2) is 18.0. The molecule has 0 unspecified atom stereocenters. The summed E-state index contributed by atoms with van der Waals surface area (Å²) in [4.78, 5) is 9.63. The van der Waals surface area contributed by atoms with Crippen LogP contribution in [0.1, 0.15) is 0 Å². The number of rotatable bonds is 10. The Kier molecular flexibility index (Phi) is 10.6. The standard InChI is InChI=1S/C66H47BN4/c1-7-24-52(25-8-1)68(53-26-9-2-10-27-53)58-36-19-22-48(44-58)50-40-42-60-64(46-50)70(56-32-15-5-16-33-56)62-38-21-39-63-66(62)67(60)61-43-41-51(47-65(61)71(63)57-34-17-6-18-35-57)49-23-20-37-59(45-49)69(54-28-11-3-12-29-54)55-30-13-4-14-31-55/h1-47H. The zero-order valence-corrected chi connectivity index (χ0v) is 39.0. The van der Waals surface area contributed by atoms with Gasteiger partial charge in [0.25, 0.3) is 6.71 Å². The van der Waals surface area contributed by atoms with Crippen LogP contribution in [0.3, 0.4) is 0 Å². The lowest BCUT2D eigenvalue weighted by molar-refractivity contribution is 1.25. The highest BCUT2D eigenvalue weighted by Gasteiger charge is 2.43. The summed E-state index contributed by atoms with van der Waals surface area (Å²) >= 11 is 0. The smallest absolute Gasteiger partial charge is 0.252 e. The quantitative estimate of drug-likeness (QED) is 0.127. The molecule has 4 nitrogen and oxygen atoms in total. The first-order valence-electron chi connectivity index (χ1n) is 24.4. The number of para-hydroxylation sites is 6. The molecule has 0 aromatic heterocycles. The van der Waals surface area contributed by atoms with Crippen molar-refractivity contribution in [3.05, 3.63) is 285 Å². The van der Waals surface area contributed by atoms with E-state index >= 15 is 0 Å². The van der Waals surface area contributed by atoms with Gasteiger partial charge in [-0.15, -0.1) is 0 Å². The Labute approximate surface area is 416 Å². The molecule has 0 amide bonds. The molecule has 0 radical (unpaired) electrons. The molecular formula is C66H47BN4. The molecule has 2 aliphatic rings. The summed E-state index contributed by atoms with van der Waals surface area (Å²) < 4.78 is 0. The van der Waals surface area contributed by atoms with Crippen molar-refractivity contribution in [3.8, 4) is 22.3 Å². The lowest BCUT2D eigenvalue weighted by Crippen LogP contribution is -2.61. The topological polar surface area (TPSA) is 13.0 Å². The summed E-state index contributed by atoms with van der Waals surface area (Å²) in [5, 5.41) is 0. The predicted molar refractivity (Wildman–Crippen MR) is 301 cm³/mol. The van der Waals surface area contributed by atoms with Gasteiger partial charge in [0.2, 0.25) is 0 Å². The predicted octanol–water partition coefficient (Wildman–Crippen LogP) is 16.0. The lowest BCUT2D eigenvalue weighted by Gasteiger charge is -2.44. The third-order valence-corrected chi connectivity index (χ3v) is 14.0. The van der Waals surface area contributed by atoms with E-state index < -0.39 is 0 Å². The molecule has 0 fully saturated rings. The fourth-order valence-electron chi connectivity index (χ4n) is 10.8. The second-order valence-corrected chi connectivity index (χ2v) is 18.1. The van der Waals surface area contributed by atoms with Crippen LogP contribution in [0, 0.1) is 0 Å². The number of hydrogen-bond donors (Lipinski definition) is 0. The molecule has 0 saturated heterocycles. The van der Waals surface area contributed by atoms with Gasteiger partial charge in [-0.25, -0.2) is 0 Å². The minimum absolute atomic E-state index is 0.0230. The summed E-state index contributed by atoms with van der Waals surface area (Å²) in [6, 6.07) is 103. The SMILES string of the molecule is c1ccc(N(c2ccccc2)c2cccc(-c3ccc4c(c3)N(c3ccccc3)c3cccc5c3B4c3ccc(-c4cccc(N(c6ccccc6)c6ccccc6)c4)cc3N5c3ccccc3)c2)cc1. The number of fused-ring (bicyclic) bond motifs is 4. The van der Waals surface area contributed by atoms with Gasteiger partial charge in [0.1, 0.15) is 0 Å². The summed E-state index contributed by atoms with van der Waals surface area (Å²) in [5.41, 5.74) is 22.1. The van der Waals surface area contributed by atoms with Gasteiger partial charge >= 0.3 is 0 Å². The number of benzene rings is 11. The van der Waals surface area contributed by atoms with Crippen LogP contribution >= 0.6 is 0 Å². The molecule has 0 N–H and O–H groups in total. The number of hydrogen-bond acceptors (Lipinski definition) is 4. The molecule has 5 heteroatoms. The van der Waals surface area contributed by atoms with Crippen LogP contribution in [0.25, 0.3) is 22.3 Å². The van der Waals surface area contributed by atoms with Crippen LogP contribution < -0.4 is 36.0 Å². The van der Waals surface area contributed by atoms with Gasteiger partial charge in [-0.1, -0.05) is 164 Å². The van der Waals surface area contributed by atoms with Crippen molar-refractivity contribution in [2.75, 3.05) is 19.6 Å². The van der Waals surface area contributed by atoms with E-state index in [1.54, 1.807) is 0 Å². The van der Waals surface area contributed by atoms with Crippen molar-refractivity contribution in [2.24, 2.45) is 0 Å². The van der Waals surface area contributed by atoms with E-state index in [4.69, 9.17) is 0 Å². The average molecular weight is 907 g/mol. The van der Waals surface area contributed by atoms with Gasteiger partial charge in [-0.3, -0.25) is 0 Å². The number of anilines is 12. The molecule has 0 aliphatic carbocycles. The average Bonchev–Trinajstić information content (AvgIpc) is 3.44. The van der Waals surface area contributed by atoms with Crippen LogP contribution in [0.5, 0.6) is 0 Å². The van der Waals surface area contributed by atoms with E-state index in [0.717, 1.165) is 67.8 Å². The Hall–Kier alpha value is -9.32. The van der Waals surface area contributed by atoms with Gasteiger partial charge < -0.3 is 19.6 Å². The molecule has 11 aromatic rings. The Morgan fingerprint density at radius 3 is 0.915 bits per heavy atom. The van der Waals surface area contributed by atoms with Crippen molar-refractivity contribution >= 4 is 91.3 Å². The van der Waals surface area contributed by atoms with Crippen molar-refractivity contribution < 1.29 is 0 Å². The Balaban J connectivity index is 0.976. The first-order valence-corrected chi connectivity index (χ1v) is 24.4. The summed E-state index contributed by atoms with van der Waals surface area (Å²) in [7, 11) is 0. The molecule has 0 spiro atoms. The summed E-state index contributed by atoms with van der Waals surface area (Å²) in [6.07, 6.45) is 0. The van der Waals surface area contributed by atoms with E-state index in [9.17, 15) is 0 Å². The Morgan fingerprint density at radius 2 is 0.549 bits per heavy atom. The molecule has 0 atom stereocenters. The van der Waals surface area contributed by atoms with E-state index in [0.29, 0.717) is 0 Å². The first-order chi connectivity index (χ1) is 35.2. The number of nitrogens with zero attached hydrogens (tertiary/aromatic N) is 4. The van der Waals surface area contributed by atoms with Gasteiger partial charge in [0, 0.05) is 68.2 Å². The largest absolute Gasteiger partial charge is 0.311 e. The monoisotopic (exact) mass is 906 g/mol. The van der Waals surface area contributed by atoms with Gasteiger partial charge in [-0.05, 0) is 160 Å². The van der Waals surface area contributed by atoms with Gasteiger partial charge in [-0.2, -0.15) is 0 Å². The summed E-state index contributed by atoms with van der Waals surface area (Å²) in [6.45, 7) is -0.0230. The van der Waals surface area contributed by atoms with Crippen molar-refractivity contribution in [3.63, 3.8) is 0 Å². The highest BCUT2D eigenvalue weighted by molar-refractivity contribution is 7.00. The minimum Gasteiger partial charge on any atom is -0.311 e. The normalized spacial score (nSPS) is 12.1. The zero-order valence-electron chi connectivity index (χ0n) is 39.0. The van der Waals surface area contributed by atoms with E-state index in [1.165, 1.54) is 39.1 Å². The van der Waals surface area contributed by atoms with Gasteiger partial charge in [0.15, 0.2) is 0 Å². The molecule has 11 aromatic carbocycles. The van der Waals surface area contributed by atoms with Crippen LogP contribution in [-0.4, -0.2) is 6.71 Å². The van der Waals surface area contributed by atoms with Crippen molar-refractivity contribution in [1.82, 2.24) is 0 Å². The van der Waals surface area contributed by atoms with Crippen molar-refractivity contribution in [1.29, 1.82) is 0 Å². The molecular weight excluding hydrogens is 860 g/mol. The maximum absolute atomic E-state index is 2.48. The van der Waals surface area contributed by atoms with Crippen LogP contribution in [0.4, 0.5) is 68.2 Å². The second-order valence-electron chi connectivity index (χ2n) is 18.1. The fourth-order valence-corrected chi connectivity index (χ4v) is 10.8. The lowest BCUT2D eigenvalue weighted by atomic mass is 9.33. The Bertz CT molecular complexity index is 3350. The highest BCUT2D eigenvalue weighted by Crippen LogP contribution is 2.46. The van der Waals surface area contributed by atoms with Crippen LogP contribution in [0.2, 0.25) is 0 Å². The fraction of sp³-hybridized carbons (Fsp3) is 0. The third kappa shape index (κ3) is 7.52. The Morgan fingerprint density at radius 1 is 0.239 bits per heavy atom. The van der Waals surface area contributed by atoms with E-state index in [-0.39, 0.29) is 6.71 Å². The minimum atomic E-state index is -0.0230. The van der Waals surface area contributed by atoms with Gasteiger partial charge in [0.05, 0.1) is 0 Å². The molecule has 13 rings (SSSR count). The molecule has 71 heavy (non-hydrogen) atoms. The molecule has 0 bridgehead atoms. The van der Waals surface area contributed by atoms with E-state index in [1.807, 2.05) is 0 Å². The maximum Gasteiger partial charge on any atom is 0.252 e. The highest BCUT2D eigenvalue weighted by atomic mass is 15.2. The molecule has 2 heterocycles. The summed E-state index contributed by atoms with van der Waals surface area (Å²) in [5.74, 6) is 0. The van der Waals surface area contributed by atoms with E-state index in [2.05, 4.69) is 305 Å².